The number of methoxy groups -OCH3 is 2. The van der Waals surface area contributed by atoms with Crippen molar-refractivity contribution >= 4 is 45.4 Å². The van der Waals surface area contributed by atoms with Gasteiger partial charge in [0, 0.05) is 18.1 Å². The molecular formula is C25H25N3O6S. The maximum absolute atomic E-state index is 13.4. The van der Waals surface area contributed by atoms with Crippen LogP contribution in [0.2, 0.25) is 0 Å². The minimum absolute atomic E-state index is 0.0413. The van der Waals surface area contributed by atoms with Gasteiger partial charge in [0.2, 0.25) is 11.5 Å². The van der Waals surface area contributed by atoms with Crippen molar-refractivity contribution in [3.05, 3.63) is 52.8 Å². The van der Waals surface area contributed by atoms with Crippen LogP contribution in [-0.4, -0.2) is 48.1 Å². The molecule has 4 aromatic rings. The number of nitrogens with one attached hydrogen (secondary N) is 1. The van der Waals surface area contributed by atoms with Crippen LogP contribution < -0.4 is 20.3 Å². The first-order valence-corrected chi connectivity index (χ1v) is 12.2. The lowest BCUT2D eigenvalue weighted by atomic mass is 10.2. The smallest absolute Gasteiger partial charge is 0.297 e. The molecule has 1 fully saturated rings. The number of aromatic nitrogens is 2. The van der Waals surface area contributed by atoms with Crippen LogP contribution in [0.4, 0.5) is 5.69 Å². The molecule has 0 aliphatic carbocycles. The van der Waals surface area contributed by atoms with E-state index in [4.69, 9.17) is 23.6 Å². The average molecular weight is 496 g/mol. The fraction of sp³-hybridized carbons (Fsp3) is 0.320. The van der Waals surface area contributed by atoms with Gasteiger partial charge in [-0.05, 0) is 37.1 Å². The predicted octanol–water partition coefficient (Wildman–Crippen LogP) is 4.07. The normalized spacial score (nSPS) is 15.5. The highest BCUT2D eigenvalue weighted by molar-refractivity contribution is 7.99. The Morgan fingerprint density at radius 1 is 1.23 bits per heavy atom. The van der Waals surface area contributed by atoms with Gasteiger partial charge < -0.3 is 23.9 Å². The van der Waals surface area contributed by atoms with Crippen molar-refractivity contribution < 1.29 is 23.4 Å². The van der Waals surface area contributed by atoms with E-state index in [9.17, 15) is 9.59 Å². The lowest BCUT2D eigenvalue weighted by molar-refractivity contribution is -0.113. The second-order valence-corrected chi connectivity index (χ2v) is 9.07. The molecule has 0 spiro atoms. The standard InChI is InChI=1S/C25H25N3O6S/c1-31-15-9-10-20(32-2)18(12-15)26-21(29)14-35-25-27-22-17-7-3-4-8-19(17)34-23(22)24(30)28(25)13-16-6-5-11-33-16/h3-4,7-10,12,16H,5-6,11,13-14H2,1-2H3,(H,26,29). The molecule has 1 aliphatic rings. The second-order valence-electron chi connectivity index (χ2n) is 8.12. The van der Waals surface area contributed by atoms with Gasteiger partial charge in [0.25, 0.3) is 5.56 Å². The highest BCUT2D eigenvalue weighted by Crippen LogP contribution is 2.30. The summed E-state index contributed by atoms with van der Waals surface area (Å²) in [6.07, 6.45) is 1.74. The highest BCUT2D eigenvalue weighted by Gasteiger charge is 2.23. The van der Waals surface area contributed by atoms with Crippen LogP contribution in [0.5, 0.6) is 11.5 Å². The first-order valence-electron chi connectivity index (χ1n) is 11.3. The third-order valence-corrected chi connectivity index (χ3v) is 6.85. The molecule has 182 valence electrons. The molecule has 2 aromatic carbocycles. The molecule has 1 N–H and O–H groups in total. The fourth-order valence-electron chi connectivity index (χ4n) is 4.14. The zero-order chi connectivity index (χ0) is 24.4. The molecule has 0 bridgehead atoms. The highest BCUT2D eigenvalue weighted by atomic mass is 32.2. The van der Waals surface area contributed by atoms with Crippen molar-refractivity contribution in [3.8, 4) is 11.5 Å². The number of nitrogens with zero attached hydrogens (tertiary/aromatic N) is 2. The van der Waals surface area contributed by atoms with Gasteiger partial charge in [0.15, 0.2) is 5.16 Å². The average Bonchev–Trinajstić information content (AvgIpc) is 3.52. The molecule has 1 aliphatic heterocycles. The molecular weight excluding hydrogens is 470 g/mol. The van der Waals surface area contributed by atoms with Crippen LogP contribution in [0.25, 0.3) is 22.1 Å². The van der Waals surface area contributed by atoms with E-state index in [0.717, 1.165) is 18.2 Å². The van der Waals surface area contributed by atoms with Gasteiger partial charge in [0.1, 0.15) is 22.6 Å². The van der Waals surface area contributed by atoms with E-state index in [1.54, 1.807) is 29.9 Å². The van der Waals surface area contributed by atoms with Crippen molar-refractivity contribution in [1.82, 2.24) is 9.55 Å². The Morgan fingerprint density at radius 3 is 2.86 bits per heavy atom. The molecule has 1 unspecified atom stereocenters. The molecule has 0 saturated carbocycles. The van der Waals surface area contributed by atoms with Crippen LogP contribution in [0, 0.1) is 0 Å². The summed E-state index contributed by atoms with van der Waals surface area (Å²) >= 11 is 1.19. The van der Waals surface area contributed by atoms with Gasteiger partial charge in [-0.2, -0.15) is 0 Å². The van der Waals surface area contributed by atoms with E-state index in [1.807, 2.05) is 24.3 Å². The quantitative estimate of drug-likeness (QED) is 0.288. The molecule has 9 nitrogen and oxygen atoms in total. The summed E-state index contributed by atoms with van der Waals surface area (Å²) in [5, 5.41) is 4.05. The van der Waals surface area contributed by atoms with Crippen molar-refractivity contribution in [2.45, 2.75) is 30.6 Å². The van der Waals surface area contributed by atoms with Crippen LogP contribution >= 0.6 is 11.8 Å². The van der Waals surface area contributed by atoms with E-state index in [0.29, 0.717) is 46.6 Å². The lowest BCUT2D eigenvalue weighted by Gasteiger charge is -2.15. The Kier molecular flexibility index (Phi) is 6.65. The van der Waals surface area contributed by atoms with Crippen LogP contribution in [0.3, 0.4) is 0 Å². The number of ether oxygens (including phenoxy) is 3. The monoisotopic (exact) mass is 495 g/mol. The lowest BCUT2D eigenvalue weighted by Crippen LogP contribution is -2.29. The number of fused-ring (bicyclic) bond motifs is 3. The first kappa shape index (κ1) is 23.3. The number of hydrogen-bond acceptors (Lipinski definition) is 8. The van der Waals surface area contributed by atoms with E-state index in [-0.39, 0.29) is 28.9 Å². The van der Waals surface area contributed by atoms with Gasteiger partial charge >= 0.3 is 0 Å². The van der Waals surface area contributed by atoms with Crippen molar-refractivity contribution in [3.63, 3.8) is 0 Å². The predicted molar refractivity (Wildman–Crippen MR) is 134 cm³/mol. The molecule has 2 aromatic heterocycles. The second kappa shape index (κ2) is 10.0. The number of benzene rings is 2. The summed E-state index contributed by atoms with van der Waals surface area (Å²) in [4.78, 5) is 31.0. The van der Waals surface area contributed by atoms with Gasteiger partial charge in [-0.1, -0.05) is 23.9 Å². The third-order valence-electron chi connectivity index (χ3n) is 5.87. The molecule has 0 radical (unpaired) electrons. The molecule has 1 atom stereocenters. The summed E-state index contributed by atoms with van der Waals surface area (Å²) in [5.74, 6) is 0.887. The van der Waals surface area contributed by atoms with Crippen molar-refractivity contribution in [2.75, 3.05) is 31.9 Å². The first-order chi connectivity index (χ1) is 17.1. The number of rotatable bonds is 8. The topological polar surface area (TPSA) is 105 Å². The zero-order valence-electron chi connectivity index (χ0n) is 19.4. The van der Waals surface area contributed by atoms with E-state index >= 15 is 0 Å². The van der Waals surface area contributed by atoms with E-state index < -0.39 is 0 Å². The van der Waals surface area contributed by atoms with Crippen LogP contribution in [0.15, 0.2) is 56.8 Å². The largest absolute Gasteiger partial charge is 0.497 e. The van der Waals surface area contributed by atoms with Gasteiger partial charge in [-0.15, -0.1) is 0 Å². The number of furan rings is 1. The number of carbonyl (C=O) groups excluding carboxylic acids is 1. The van der Waals surface area contributed by atoms with Crippen molar-refractivity contribution in [1.29, 1.82) is 0 Å². The Bertz CT molecular complexity index is 1440. The summed E-state index contributed by atoms with van der Waals surface area (Å²) < 4.78 is 23.7. The zero-order valence-corrected chi connectivity index (χ0v) is 20.2. The molecule has 10 heteroatoms. The molecule has 1 saturated heterocycles. The van der Waals surface area contributed by atoms with Gasteiger partial charge in [-0.3, -0.25) is 14.2 Å². The van der Waals surface area contributed by atoms with E-state index in [1.165, 1.54) is 18.9 Å². The Balaban J connectivity index is 1.45. The maximum atomic E-state index is 13.4. The maximum Gasteiger partial charge on any atom is 0.297 e. The minimum atomic E-state index is -0.279. The molecule has 3 heterocycles. The molecule has 5 rings (SSSR count). The summed E-state index contributed by atoms with van der Waals surface area (Å²) in [6.45, 7) is 1.03. The summed E-state index contributed by atoms with van der Waals surface area (Å²) in [6, 6.07) is 12.6. The number of carbonyl (C=O) groups is 1. The fourth-order valence-corrected chi connectivity index (χ4v) is 4.95. The SMILES string of the molecule is COc1ccc(OC)c(NC(=O)CSc2nc3c(oc4ccccc43)c(=O)n2CC2CCCO2)c1. The third kappa shape index (κ3) is 4.71. The van der Waals surface area contributed by atoms with Gasteiger partial charge in [-0.25, -0.2) is 4.98 Å². The number of anilines is 1. The van der Waals surface area contributed by atoms with E-state index in [2.05, 4.69) is 5.32 Å². The molecule has 35 heavy (non-hydrogen) atoms. The number of amides is 1. The Labute approximate surface area is 205 Å². The van der Waals surface area contributed by atoms with Gasteiger partial charge in [0.05, 0.1) is 38.3 Å². The number of hydrogen-bond donors (Lipinski definition) is 1. The summed E-state index contributed by atoms with van der Waals surface area (Å²) in [5.41, 5.74) is 1.52. The van der Waals surface area contributed by atoms with Crippen LogP contribution in [-0.2, 0) is 16.1 Å². The summed E-state index contributed by atoms with van der Waals surface area (Å²) in [7, 11) is 3.09. The number of thioether (sulfide) groups is 1. The number of para-hydroxylation sites is 1. The van der Waals surface area contributed by atoms with Crippen molar-refractivity contribution in [2.24, 2.45) is 0 Å². The minimum Gasteiger partial charge on any atom is -0.497 e. The Morgan fingerprint density at radius 2 is 2.09 bits per heavy atom. The van der Waals surface area contributed by atoms with Crippen LogP contribution in [0.1, 0.15) is 12.8 Å². The molecule has 1 amide bonds. The Hall–Kier alpha value is -3.50.